The third-order valence-corrected chi connectivity index (χ3v) is 5.47. The molecule has 0 bridgehead atoms. The van der Waals surface area contributed by atoms with Crippen LogP contribution in [0.3, 0.4) is 0 Å². The van der Waals surface area contributed by atoms with Crippen LogP contribution >= 0.6 is 23.1 Å². The number of thioether (sulfide) groups is 1. The third kappa shape index (κ3) is 3.78. The first-order valence-electron chi connectivity index (χ1n) is 7.84. The maximum atomic E-state index is 12.1. The summed E-state index contributed by atoms with van der Waals surface area (Å²) in [6, 6.07) is 3.94. The van der Waals surface area contributed by atoms with Crippen LogP contribution < -0.4 is 10.6 Å². The van der Waals surface area contributed by atoms with Crippen LogP contribution in [0.25, 0.3) is 10.7 Å². The SMILES string of the molecule is CCNC(=O)NC(=O)[C@@H](C)Sc1nnc(-c2cccs2)n1C1CC1. The molecule has 0 aliphatic heterocycles. The number of amides is 3. The Morgan fingerprint density at radius 2 is 2.25 bits per heavy atom. The summed E-state index contributed by atoms with van der Waals surface area (Å²) in [6.07, 6.45) is 2.20. The Hall–Kier alpha value is -1.87. The molecule has 9 heteroatoms. The van der Waals surface area contributed by atoms with Crippen molar-refractivity contribution in [3.05, 3.63) is 17.5 Å². The van der Waals surface area contributed by atoms with Gasteiger partial charge in [-0.05, 0) is 38.1 Å². The zero-order chi connectivity index (χ0) is 17.1. The first kappa shape index (κ1) is 17.0. The van der Waals surface area contributed by atoms with Crippen LogP contribution in [0.4, 0.5) is 4.79 Å². The van der Waals surface area contributed by atoms with Gasteiger partial charge < -0.3 is 5.32 Å². The Bertz CT molecular complexity index is 724. The van der Waals surface area contributed by atoms with E-state index in [0.29, 0.717) is 12.6 Å². The fourth-order valence-electron chi connectivity index (χ4n) is 2.22. The van der Waals surface area contributed by atoms with Gasteiger partial charge in [-0.25, -0.2) is 4.79 Å². The van der Waals surface area contributed by atoms with Crippen LogP contribution in [-0.2, 0) is 4.79 Å². The number of carbonyl (C=O) groups excluding carboxylic acids is 2. The predicted molar refractivity (Wildman–Crippen MR) is 94.1 cm³/mol. The highest BCUT2D eigenvalue weighted by Gasteiger charge is 2.31. The zero-order valence-electron chi connectivity index (χ0n) is 13.5. The maximum Gasteiger partial charge on any atom is 0.321 e. The maximum absolute atomic E-state index is 12.1. The van der Waals surface area contributed by atoms with Crippen molar-refractivity contribution in [2.75, 3.05) is 6.54 Å². The minimum atomic E-state index is -0.474. The van der Waals surface area contributed by atoms with E-state index in [1.807, 2.05) is 17.5 Å². The molecule has 2 heterocycles. The van der Waals surface area contributed by atoms with Crippen LogP contribution in [0.1, 0.15) is 32.7 Å². The summed E-state index contributed by atoms with van der Waals surface area (Å²) in [6.45, 7) is 4.03. The van der Waals surface area contributed by atoms with Gasteiger partial charge >= 0.3 is 6.03 Å². The fourth-order valence-corrected chi connectivity index (χ4v) is 3.85. The van der Waals surface area contributed by atoms with Crippen molar-refractivity contribution in [2.24, 2.45) is 0 Å². The second kappa shape index (κ2) is 7.35. The summed E-state index contributed by atoms with van der Waals surface area (Å²) >= 11 is 2.95. The van der Waals surface area contributed by atoms with E-state index in [0.717, 1.165) is 28.7 Å². The molecule has 1 aliphatic carbocycles. The highest BCUT2D eigenvalue weighted by atomic mass is 32.2. The number of carbonyl (C=O) groups is 2. The van der Waals surface area contributed by atoms with Crippen molar-refractivity contribution in [2.45, 2.75) is 43.1 Å². The van der Waals surface area contributed by atoms with E-state index < -0.39 is 11.3 Å². The lowest BCUT2D eigenvalue weighted by molar-refractivity contribution is -0.119. The van der Waals surface area contributed by atoms with Gasteiger partial charge in [-0.2, -0.15) is 0 Å². The number of urea groups is 1. The lowest BCUT2D eigenvalue weighted by atomic mass is 10.4. The van der Waals surface area contributed by atoms with E-state index in [2.05, 4.69) is 25.4 Å². The molecule has 1 fully saturated rings. The molecule has 0 spiro atoms. The Morgan fingerprint density at radius 3 is 2.88 bits per heavy atom. The van der Waals surface area contributed by atoms with E-state index in [4.69, 9.17) is 0 Å². The highest BCUT2D eigenvalue weighted by molar-refractivity contribution is 8.00. The molecular weight excluding hydrogens is 346 g/mol. The normalized spacial score (nSPS) is 15.1. The van der Waals surface area contributed by atoms with Gasteiger partial charge in [0.15, 0.2) is 11.0 Å². The summed E-state index contributed by atoms with van der Waals surface area (Å²) in [4.78, 5) is 24.7. The lowest BCUT2D eigenvalue weighted by Gasteiger charge is -2.12. The van der Waals surface area contributed by atoms with Gasteiger partial charge in [0.2, 0.25) is 5.91 Å². The van der Waals surface area contributed by atoms with Crippen molar-refractivity contribution in [3.8, 4) is 10.7 Å². The van der Waals surface area contributed by atoms with Crippen LogP contribution in [0, 0.1) is 0 Å². The molecule has 3 amide bonds. The molecule has 1 aliphatic rings. The van der Waals surface area contributed by atoms with Crippen molar-refractivity contribution in [3.63, 3.8) is 0 Å². The Kier molecular flexibility index (Phi) is 5.20. The monoisotopic (exact) mass is 365 g/mol. The second-order valence-electron chi connectivity index (χ2n) is 5.49. The van der Waals surface area contributed by atoms with Crippen LogP contribution in [-0.4, -0.2) is 38.5 Å². The minimum absolute atomic E-state index is 0.339. The average molecular weight is 365 g/mol. The summed E-state index contributed by atoms with van der Waals surface area (Å²) in [5.74, 6) is 0.514. The Morgan fingerprint density at radius 1 is 1.46 bits per heavy atom. The van der Waals surface area contributed by atoms with E-state index in [1.165, 1.54) is 11.8 Å². The number of aromatic nitrogens is 3. The molecule has 0 saturated heterocycles. The summed E-state index contributed by atoms with van der Waals surface area (Å²) in [5.41, 5.74) is 0. The molecule has 2 aromatic rings. The van der Waals surface area contributed by atoms with Gasteiger partial charge in [-0.15, -0.1) is 21.5 Å². The molecule has 0 unspecified atom stereocenters. The molecule has 3 rings (SSSR count). The van der Waals surface area contributed by atoms with Gasteiger partial charge in [0.1, 0.15) is 0 Å². The summed E-state index contributed by atoms with van der Waals surface area (Å²) in [5, 5.41) is 15.8. The third-order valence-electron chi connectivity index (χ3n) is 3.54. The van der Waals surface area contributed by atoms with Gasteiger partial charge in [0.25, 0.3) is 0 Å². The van der Waals surface area contributed by atoms with Gasteiger partial charge in [0, 0.05) is 12.6 Å². The summed E-state index contributed by atoms with van der Waals surface area (Å²) < 4.78 is 2.12. The molecule has 2 N–H and O–H groups in total. The van der Waals surface area contributed by atoms with Crippen molar-refractivity contribution >= 4 is 35.0 Å². The first-order valence-corrected chi connectivity index (χ1v) is 9.60. The number of thiophene rings is 1. The summed E-state index contributed by atoms with van der Waals surface area (Å²) in [7, 11) is 0. The number of hydrogen-bond acceptors (Lipinski definition) is 6. The molecule has 128 valence electrons. The quantitative estimate of drug-likeness (QED) is 0.768. The molecule has 0 radical (unpaired) electrons. The second-order valence-corrected chi connectivity index (χ2v) is 7.75. The molecule has 0 aromatic carbocycles. The number of nitrogens with one attached hydrogen (secondary N) is 2. The van der Waals surface area contributed by atoms with E-state index in [9.17, 15) is 9.59 Å². The number of hydrogen-bond donors (Lipinski definition) is 2. The predicted octanol–water partition coefficient (Wildman–Crippen LogP) is 2.67. The van der Waals surface area contributed by atoms with Crippen LogP contribution in [0.2, 0.25) is 0 Å². The van der Waals surface area contributed by atoms with Gasteiger partial charge in [0.05, 0.1) is 10.1 Å². The molecule has 24 heavy (non-hydrogen) atoms. The molecule has 1 saturated carbocycles. The fraction of sp³-hybridized carbons (Fsp3) is 0.467. The Labute approximate surface area is 148 Å². The standard InChI is InChI=1S/C15H19N5O2S2/c1-3-16-14(22)17-13(21)9(2)24-15-19-18-12(11-5-4-8-23-11)20(15)10-6-7-10/h4-5,8-10H,3,6-7H2,1-2H3,(H2,16,17,21,22)/t9-/m1/s1. The number of rotatable bonds is 6. The van der Waals surface area contributed by atoms with E-state index in [1.54, 1.807) is 25.2 Å². The number of nitrogens with zero attached hydrogens (tertiary/aromatic N) is 3. The molecular formula is C15H19N5O2S2. The number of imide groups is 1. The van der Waals surface area contributed by atoms with Crippen molar-refractivity contribution in [1.82, 2.24) is 25.4 Å². The molecule has 7 nitrogen and oxygen atoms in total. The smallest absolute Gasteiger partial charge is 0.321 e. The largest absolute Gasteiger partial charge is 0.338 e. The molecule has 2 aromatic heterocycles. The topological polar surface area (TPSA) is 88.9 Å². The average Bonchev–Trinajstić information content (AvgIpc) is 3.08. The van der Waals surface area contributed by atoms with Crippen molar-refractivity contribution < 1.29 is 9.59 Å². The van der Waals surface area contributed by atoms with E-state index in [-0.39, 0.29) is 5.91 Å². The van der Waals surface area contributed by atoms with Gasteiger partial charge in [-0.3, -0.25) is 14.7 Å². The lowest BCUT2D eigenvalue weighted by Crippen LogP contribution is -2.42. The van der Waals surface area contributed by atoms with Crippen molar-refractivity contribution in [1.29, 1.82) is 0 Å². The minimum Gasteiger partial charge on any atom is -0.338 e. The Balaban J connectivity index is 1.73. The van der Waals surface area contributed by atoms with Crippen LogP contribution in [0.15, 0.2) is 22.7 Å². The highest BCUT2D eigenvalue weighted by Crippen LogP contribution is 2.42. The zero-order valence-corrected chi connectivity index (χ0v) is 15.1. The first-order chi connectivity index (χ1) is 11.6. The van der Waals surface area contributed by atoms with Gasteiger partial charge in [-0.1, -0.05) is 17.8 Å². The van der Waals surface area contributed by atoms with E-state index >= 15 is 0 Å². The molecule has 1 atom stereocenters. The van der Waals surface area contributed by atoms with Crippen LogP contribution in [0.5, 0.6) is 0 Å².